The number of anilines is 1. The Bertz CT molecular complexity index is 981. The van der Waals surface area contributed by atoms with Crippen molar-refractivity contribution in [3.8, 4) is 0 Å². The molecular weight excluding hydrogens is 382 g/mol. The second-order valence-electron chi connectivity index (χ2n) is 9.04. The Balaban J connectivity index is 1.65. The molecule has 0 radical (unpaired) electrons. The van der Waals surface area contributed by atoms with Gasteiger partial charge < -0.3 is 9.30 Å². The molecule has 29 heavy (non-hydrogen) atoms. The van der Waals surface area contributed by atoms with Crippen LogP contribution < -0.4 is 8.87 Å². The third-order valence-electron chi connectivity index (χ3n) is 5.51. The Labute approximate surface area is 177 Å². The second kappa shape index (κ2) is 8.03. The van der Waals surface area contributed by atoms with Gasteiger partial charge in [0.25, 0.3) is 6.33 Å². The highest BCUT2D eigenvalue weighted by molar-refractivity contribution is 7.99. The number of benzene rings is 1. The van der Waals surface area contributed by atoms with Crippen molar-refractivity contribution in [3.05, 3.63) is 42.7 Å². The van der Waals surface area contributed by atoms with Crippen LogP contribution in [0.5, 0.6) is 0 Å². The summed E-state index contributed by atoms with van der Waals surface area (Å²) in [5.74, 6) is 1.83. The van der Waals surface area contributed by atoms with E-state index in [0.29, 0.717) is 5.92 Å². The van der Waals surface area contributed by atoms with Gasteiger partial charge in [0.15, 0.2) is 12.1 Å². The topological polar surface area (TPSA) is 39.1 Å². The molecule has 0 amide bonds. The first-order valence-electron chi connectivity index (χ1n) is 10.4. The average molecular weight is 415 g/mol. The van der Waals surface area contributed by atoms with E-state index in [1.54, 1.807) is 12.1 Å². The molecule has 0 spiro atoms. The predicted molar refractivity (Wildman–Crippen MR) is 119 cm³/mol. The fraction of sp³-hybridized carbons (Fsp3) is 0.545. The number of ether oxygens (including phenoxy) is 1. The number of hydrogen-bond donors (Lipinski definition) is 0. The van der Waals surface area contributed by atoms with Gasteiger partial charge in [-0.1, -0.05) is 20.8 Å². The maximum atomic E-state index is 5.56. The van der Waals surface area contributed by atoms with Gasteiger partial charge in [-0.05, 0) is 37.0 Å². The van der Waals surface area contributed by atoms with Gasteiger partial charge in [0, 0.05) is 32.2 Å². The molecule has 0 N–H and O–H groups in total. The quantitative estimate of drug-likeness (QED) is 0.468. The van der Waals surface area contributed by atoms with E-state index in [1.165, 1.54) is 11.3 Å². The van der Waals surface area contributed by atoms with E-state index in [0.717, 1.165) is 43.8 Å². The number of hydrogen-bond acceptors (Lipinski definition) is 4. The molecule has 6 nitrogen and oxygen atoms in total. The van der Waals surface area contributed by atoms with Crippen LogP contribution in [0.2, 0.25) is 0 Å². The van der Waals surface area contributed by atoms with Crippen LogP contribution in [-0.2, 0) is 23.7 Å². The fourth-order valence-electron chi connectivity index (χ4n) is 3.92. The third-order valence-corrected chi connectivity index (χ3v) is 6.37. The molecule has 1 fully saturated rings. The van der Waals surface area contributed by atoms with Crippen molar-refractivity contribution in [2.45, 2.75) is 45.6 Å². The molecule has 1 aliphatic rings. The first-order chi connectivity index (χ1) is 13.8. The number of aryl methyl sites for hydroxylation is 1. The van der Waals surface area contributed by atoms with Crippen LogP contribution in [0.3, 0.4) is 0 Å². The lowest BCUT2D eigenvalue weighted by atomic mass is 9.94. The number of rotatable bonds is 5. The van der Waals surface area contributed by atoms with Gasteiger partial charge in [-0.15, -0.1) is 0 Å². The molecule has 4 rings (SSSR count). The van der Waals surface area contributed by atoms with Crippen LogP contribution in [-0.4, -0.2) is 33.8 Å². The molecule has 0 saturated carbocycles. The van der Waals surface area contributed by atoms with Gasteiger partial charge in [0.2, 0.25) is 0 Å². The Hall–Kier alpha value is -1.99. The first-order valence-corrected chi connectivity index (χ1v) is 11.1. The molecule has 156 valence electrons. The van der Waals surface area contributed by atoms with E-state index >= 15 is 0 Å². The van der Waals surface area contributed by atoms with Crippen LogP contribution in [0.1, 0.15) is 39.4 Å². The largest absolute Gasteiger partial charge is 0.381 e. The Morgan fingerprint density at radius 3 is 2.69 bits per heavy atom. The molecule has 0 bridgehead atoms. The van der Waals surface area contributed by atoms with Crippen LogP contribution in [0.4, 0.5) is 5.69 Å². The molecule has 0 aliphatic carbocycles. The highest BCUT2D eigenvalue weighted by Gasteiger charge is 2.25. The molecule has 7 heteroatoms. The smallest absolute Gasteiger partial charge is 0.256 e. The molecule has 0 unspecified atom stereocenters. The summed E-state index contributed by atoms with van der Waals surface area (Å²) >= 11 is 1.65. The summed E-state index contributed by atoms with van der Waals surface area (Å²) in [5, 5.41) is 0. The molecule has 2 aromatic heterocycles. The van der Waals surface area contributed by atoms with Crippen molar-refractivity contribution in [3.63, 3.8) is 0 Å². The molecule has 3 aromatic rings. The SMILES string of the molecule is CN(Sn1cc[n+](C)c1)c1ccc2c(c1)nc(C(C)(C)C)n2CC1CCOCC1. The number of imidazole rings is 2. The van der Waals surface area contributed by atoms with E-state index in [1.807, 2.05) is 17.8 Å². The van der Waals surface area contributed by atoms with E-state index < -0.39 is 0 Å². The number of aromatic nitrogens is 4. The van der Waals surface area contributed by atoms with Crippen molar-refractivity contribution in [1.29, 1.82) is 0 Å². The summed E-state index contributed by atoms with van der Waals surface area (Å²) in [6.45, 7) is 9.55. The maximum absolute atomic E-state index is 5.56. The molecule has 3 heterocycles. The summed E-state index contributed by atoms with van der Waals surface area (Å²) in [6.07, 6.45) is 8.42. The Kier molecular flexibility index (Phi) is 5.62. The molecule has 1 aliphatic heterocycles. The van der Waals surface area contributed by atoms with Crippen molar-refractivity contribution in [2.75, 3.05) is 24.6 Å². The predicted octanol–water partition coefficient (Wildman–Crippen LogP) is 3.93. The highest BCUT2D eigenvalue weighted by Crippen LogP contribution is 2.32. The minimum atomic E-state index is 0.00485. The van der Waals surface area contributed by atoms with Crippen LogP contribution in [0.25, 0.3) is 11.0 Å². The lowest BCUT2D eigenvalue weighted by Crippen LogP contribution is -2.25. The lowest BCUT2D eigenvalue weighted by molar-refractivity contribution is -0.670. The summed E-state index contributed by atoms with van der Waals surface area (Å²) in [7, 11) is 4.12. The Morgan fingerprint density at radius 1 is 1.28 bits per heavy atom. The van der Waals surface area contributed by atoms with Gasteiger partial charge >= 0.3 is 0 Å². The lowest BCUT2D eigenvalue weighted by Gasteiger charge is -2.26. The molecule has 0 atom stereocenters. The number of nitrogens with zero attached hydrogens (tertiary/aromatic N) is 5. The first kappa shape index (κ1) is 20.3. The molecule has 1 aromatic carbocycles. The van der Waals surface area contributed by atoms with E-state index in [2.05, 4.69) is 71.4 Å². The summed E-state index contributed by atoms with van der Waals surface area (Å²) in [4.78, 5) is 5.09. The van der Waals surface area contributed by atoms with Crippen molar-refractivity contribution in [2.24, 2.45) is 13.0 Å². The Morgan fingerprint density at radius 2 is 2.03 bits per heavy atom. The summed E-state index contributed by atoms with van der Waals surface area (Å²) in [6, 6.07) is 6.65. The third kappa shape index (κ3) is 4.46. The van der Waals surface area contributed by atoms with Crippen LogP contribution >= 0.6 is 12.1 Å². The van der Waals surface area contributed by atoms with E-state index in [9.17, 15) is 0 Å². The van der Waals surface area contributed by atoms with Gasteiger partial charge in [-0.25, -0.2) is 9.55 Å². The molecular formula is C22H32N5OS+. The second-order valence-corrected chi connectivity index (χ2v) is 10.2. The summed E-state index contributed by atoms with van der Waals surface area (Å²) < 4.78 is 14.3. The fourth-order valence-corrected chi connectivity index (χ4v) is 4.71. The zero-order chi connectivity index (χ0) is 20.6. The minimum absolute atomic E-state index is 0.00485. The summed E-state index contributed by atoms with van der Waals surface area (Å²) in [5.41, 5.74) is 3.46. The van der Waals surface area contributed by atoms with Gasteiger partial charge in [0.05, 0.1) is 23.8 Å². The van der Waals surface area contributed by atoms with Crippen LogP contribution in [0, 0.1) is 5.92 Å². The van der Waals surface area contributed by atoms with Crippen molar-refractivity contribution in [1.82, 2.24) is 13.5 Å². The highest BCUT2D eigenvalue weighted by atomic mass is 32.2. The monoisotopic (exact) mass is 414 g/mol. The van der Waals surface area contributed by atoms with Crippen molar-refractivity contribution < 1.29 is 9.30 Å². The standard InChI is InChI=1S/C22H32N5OS/c1-22(2,3)21-23-19-14-18(25(5)29-26-11-10-24(4)16-26)6-7-20(19)27(21)15-17-8-12-28-13-9-17/h6-7,10-11,14,16-17H,8-9,12-13,15H2,1-5H3/q+1. The zero-order valence-corrected chi connectivity index (χ0v) is 18.9. The number of fused-ring (bicyclic) bond motifs is 1. The minimum Gasteiger partial charge on any atom is -0.381 e. The van der Waals surface area contributed by atoms with Gasteiger partial charge in [-0.2, -0.15) is 3.97 Å². The van der Waals surface area contributed by atoms with Crippen LogP contribution in [0.15, 0.2) is 36.9 Å². The van der Waals surface area contributed by atoms with E-state index in [-0.39, 0.29) is 5.41 Å². The average Bonchev–Trinajstić information content (AvgIpc) is 3.25. The molecule has 1 saturated heterocycles. The maximum Gasteiger partial charge on any atom is 0.256 e. The van der Waals surface area contributed by atoms with Crippen molar-refractivity contribution >= 4 is 28.9 Å². The van der Waals surface area contributed by atoms with Gasteiger partial charge in [-0.3, -0.25) is 4.31 Å². The van der Waals surface area contributed by atoms with Gasteiger partial charge in [0.1, 0.15) is 18.2 Å². The normalized spacial score (nSPS) is 15.9. The van der Waals surface area contributed by atoms with E-state index in [4.69, 9.17) is 9.72 Å². The zero-order valence-electron chi connectivity index (χ0n) is 18.1.